The molecule has 0 saturated carbocycles. The van der Waals surface area contributed by atoms with Gasteiger partial charge in [0.25, 0.3) is 0 Å². The van der Waals surface area contributed by atoms with Crippen LogP contribution in [0, 0.1) is 0 Å². The molecule has 0 aliphatic heterocycles. The predicted molar refractivity (Wildman–Crippen MR) is 161 cm³/mol. The lowest BCUT2D eigenvalue weighted by molar-refractivity contribution is -0.140. The Morgan fingerprint density at radius 2 is 1.09 bits per heavy atom. The highest BCUT2D eigenvalue weighted by Gasteiger charge is 2.10. The molecule has 0 radical (unpaired) electrons. The molecule has 3 aromatic carbocycles. The molecule has 226 valence electrons. The van der Waals surface area contributed by atoms with Gasteiger partial charge < -0.3 is 28.8 Å². The van der Waals surface area contributed by atoms with Crippen LogP contribution >= 0.6 is 0 Å². The summed E-state index contributed by atoms with van der Waals surface area (Å²) >= 11 is 0. The van der Waals surface area contributed by atoms with Crippen molar-refractivity contribution in [1.82, 2.24) is 0 Å². The molecular weight excluding hydrogens is 552 g/mol. The molecular formula is C34H36O9. The Hall–Kier alpha value is -4.89. The topological polar surface area (TPSA) is 118 Å². The molecule has 0 atom stereocenters. The van der Waals surface area contributed by atoms with E-state index in [1.54, 1.807) is 43.3 Å². The zero-order valence-corrected chi connectivity index (χ0v) is 24.2. The van der Waals surface area contributed by atoms with Gasteiger partial charge in [0.2, 0.25) is 0 Å². The number of carbonyl (C=O) groups is 3. The second-order valence-corrected chi connectivity index (χ2v) is 9.53. The fourth-order valence-corrected chi connectivity index (χ4v) is 3.57. The molecule has 9 nitrogen and oxygen atoms in total. The van der Waals surface area contributed by atoms with E-state index in [0.29, 0.717) is 60.9 Å². The third kappa shape index (κ3) is 11.1. The second-order valence-electron chi connectivity index (χ2n) is 9.53. The first-order valence-electron chi connectivity index (χ1n) is 13.8. The third-order valence-corrected chi connectivity index (χ3v) is 6.00. The van der Waals surface area contributed by atoms with E-state index < -0.39 is 24.5 Å². The smallest absolute Gasteiger partial charge is 0.343 e. The number of ether oxygens (including phenoxy) is 5. The summed E-state index contributed by atoms with van der Waals surface area (Å²) in [5, 5.41) is 8.84. The number of aliphatic hydroxyl groups is 1. The van der Waals surface area contributed by atoms with Gasteiger partial charge in [-0.1, -0.05) is 37.4 Å². The van der Waals surface area contributed by atoms with E-state index >= 15 is 0 Å². The molecule has 1 N–H and O–H groups in total. The number of rotatable bonds is 17. The summed E-state index contributed by atoms with van der Waals surface area (Å²) in [5.74, 6) is 0.244. The van der Waals surface area contributed by atoms with E-state index in [1.165, 1.54) is 0 Å². The third-order valence-electron chi connectivity index (χ3n) is 6.00. The normalized spacial score (nSPS) is 10.4. The summed E-state index contributed by atoms with van der Waals surface area (Å²) in [4.78, 5) is 35.4. The molecule has 0 aliphatic rings. The number of carbonyl (C=O) groups excluding carboxylic acids is 3. The van der Waals surface area contributed by atoms with Gasteiger partial charge in [0.05, 0.1) is 44.2 Å². The van der Waals surface area contributed by atoms with Gasteiger partial charge in [-0.15, -0.1) is 0 Å². The maximum absolute atomic E-state index is 12.6. The van der Waals surface area contributed by atoms with Gasteiger partial charge in [-0.05, 0) is 79.4 Å². The minimum Gasteiger partial charge on any atom is -0.494 e. The summed E-state index contributed by atoms with van der Waals surface area (Å²) < 4.78 is 26.9. The molecule has 0 bridgehead atoms. The molecule has 0 spiro atoms. The predicted octanol–water partition coefficient (Wildman–Crippen LogP) is 5.71. The molecule has 0 amide bonds. The van der Waals surface area contributed by atoms with E-state index in [1.807, 2.05) is 36.4 Å². The summed E-state index contributed by atoms with van der Waals surface area (Å²) in [6, 6.07) is 21.5. The van der Waals surface area contributed by atoms with Crippen molar-refractivity contribution in [3.63, 3.8) is 0 Å². The SMILES string of the molecule is C=C(C)C(=O)OCCCOc1ccc(-c2ccc(OC(=O)c3ccc(OCCCCOC(=O)C(=C)CO)cc3)cc2)cc1. The summed E-state index contributed by atoms with van der Waals surface area (Å²) in [7, 11) is 0. The molecule has 0 heterocycles. The van der Waals surface area contributed by atoms with Gasteiger partial charge in [-0.2, -0.15) is 0 Å². The van der Waals surface area contributed by atoms with Crippen molar-refractivity contribution in [3.05, 3.63) is 103 Å². The maximum Gasteiger partial charge on any atom is 0.343 e. The van der Waals surface area contributed by atoms with Crippen LogP contribution in [0.2, 0.25) is 0 Å². The Balaban J connectivity index is 1.38. The van der Waals surface area contributed by atoms with E-state index in [-0.39, 0.29) is 18.8 Å². The molecule has 3 rings (SSSR count). The molecule has 43 heavy (non-hydrogen) atoms. The van der Waals surface area contributed by atoms with Gasteiger partial charge >= 0.3 is 17.9 Å². The molecule has 0 saturated heterocycles. The van der Waals surface area contributed by atoms with Gasteiger partial charge in [0.15, 0.2) is 0 Å². The maximum atomic E-state index is 12.6. The number of hydrogen-bond acceptors (Lipinski definition) is 9. The van der Waals surface area contributed by atoms with Crippen LogP contribution in [0.15, 0.2) is 97.1 Å². The molecule has 0 aliphatic carbocycles. The molecule has 0 aromatic heterocycles. The van der Waals surface area contributed by atoms with Crippen LogP contribution in [0.3, 0.4) is 0 Å². The fraction of sp³-hybridized carbons (Fsp3) is 0.265. The zero-order valence-electron chi connectivity index (χ0n) is 24.2. The Kier molecular flexibility index (Phi) is 13.0. The van der Waals surface area contributed by atoms with Gasteiger partial charge in [-0.25, -0.2) is 14.4 Å². The van der Waals surface area contributed by atoms with Crippen molar-refractivity contribution in [3.8, 4) is 28.4 Å². The first-order valence-corrected chi connectivity index (χ1v) is 13.8. The Morgan fingerprint density at radius 1 is 0.628 bits per heavy atom. The highest BCUT2D eigenvalue weighted by molar-refractivity contribution is 5.91. The average molecular weight is 589 g/mol. The summed E-state index contributed by atoms with van der Waals surface area (Å²) in [6.07, 6.45) is 1.84. The summed E-state index contributed by atoms with van der Waals surface area (Å²) in [6.45, 7) is 9.46. The van der Waals surface area contributed by atoms with Gasteiger partial charge in [0.1, 0.15) is 17.2 Å². The molecule has 9 heteroatoms. The Morgan fingerprint density at radius 3 is 1.65 bits per heavy atom. The molecule has 0 fully saturated rings. The summed E-state index contributed by atoms with van der Waals surface area (Å²) in [5.41, 5.74) is 2.71. The van der Waals surface area contributed by atoms with Crippen LogP contribution in [-0.2, 0) is 19.1 Å². The first kappa shape index (κ1) is 32.6. The van der Waals surface area contributed by atoms with Crippen molar-refractivity contribution in [2.24, 2.45) is 0 Å². The average Bonchev–Trinajstić information content (AvgIpc) is 3.02. The number of unbranched alkanes of at least 4 members (excludes halogenated alkanes) is 1. The monoisotopic (exact) mass is 588 g/mol. The van der Waals surface area contributed by atoms with Crippen molar-refractivity contribution in [2.45, 2.75) is 26.2 Å². The Labute approximate surface area is 251 Å². The number of hydrogen-bond donors (Lipinski definition) is 1. The van der Waals surface area contributed by atoms with E-state index in [9.17, 15) is 14.4 Å². The molecule has 3 aromatic rings. The number of aliphatic hydroxyl groups excluding tert-OH is 1. The minimum atomic E-state index is -0.603. The van der Waals surface area contributed by atoms with Gasteiger partial charge in [-0.3, -0.25) is 0 Å². The van der Waals surface area contributed by atoms with Crippen LogP contribution in [0.1, 0.15) is 36.5 Å². The fourth-order valence-electron chi connectivity index (χ4n) is 3.57. The lowest BCUT2D eigenvalue weighted by Gasteiger charge is -2.09. The van der Waals surface area contributed by atoms with E-state index in [2.05, 4.69) is 13.2 Å². The standard InChI is InChI=1S/C34H36O9/c1-24(2)32(36)41-22-6-21-40-29-13-7-26(8-14-29)27-9-17-31(18-10-27)43-34(38)28-11-15-30(16-12-28)39-19-4-5-20-42-33(37)25(3)23-35/h7-18,35H,1,3-6,19-23H2,2H3. The van der Waals surface area contributed by atoms with Crippen molar-refractivity contribution in [1.29, 1.82) is 0 Å². The second kappa shape index (κ2) is 17.2. The van der Waals surface area contributed by atoms with Crippen molar-refractivity contribution in [2.75, 3.05) is 33.0 Å². The first-order chi connectivity index (χ1) is 20.8. The largest absolute Gasteiger partial charge is 0.494 e. The van der Waals surface area contributed by atoms with Crippen molar-refractivity contribution < 1.29 is 43.2 Å². The highest BCUT2D eigenvalue weighted by Crippen LogP contribution is 2.25. The van der Waals surface area contributed by atoms with E-state index in [0.717, 1.165) is 11.1 Å². The Bertz CT molecular complexity index is 1370. The van der Waals surface area contributed by atoms with Gasteiger partial charge in [0, 0.05) is 12.0 Å². The number of esters is 3. The minimum absolute atomic E-state index is 0.0235. The van der Waals surface area contributed by atoms with Crippen LogP contribution < -0.4 is 14.2 Å². The van der Waals surface area contributed by atoms with Crippen LogP contribution in [0.4, 0.5) is 0 Å². The van der Waals surface area contributed by atoms with Crippen molar-refractivity contribution >= 4 is 17.9 Å². The van der Waals surface area contributed by atoms with Crippen LogP contribution in [-0.4, -0.2) is 56.0 Å². The van der Waals surface area contributed by atoms with E-state index in [4.69, 9.17) is 28.8 Å². The quantitative estimate of drug-likeness (QED) is 0.0915. The lowest BCUT2D eigenvalue weighted by atomic mass is 10.1. The number of benzene rings is 3. The molecule has 0 unspecified atom stereocenters. The van der Waals surface area contributed by atoms with Crippen LogP contribution in [0.5, 0.6) is 17.2 Å². The lowest BCUT2D eigenvalue weighted by Crippen LogP contribution is -2.11. The van der Waals surface area contributed by atoms with Crippen LogP contribution in [0.25, 0.3) is 11.1 Å². The highest BCUT2D eigenvalue weighted by atomic mass is 16.5. The zero-order chi connectivity index (χ0) is 31.0.